The number of aromatic nitrogens is 2. The Morgan fingerprint density at radius 3 is 2.31 bits per heavy atom. The summed E-state index contributed by atoms with van der Waals surface area (Å²) in [6.45, 7) is 5.17. The van der Waals surface area contributed by atoms with Crippen molar-refractivity contribution in [3.8, 4) is 10.6 Å². The molecular weight excluding hydrogens is 420 g/mol. The number of unbranched alkanes of at least 4 members (excludes halogenated alkanes) is 1. The lowest BCUT2D eigenvalue weighted by Crippen LogP contribution is -2.38. The van der Waals surface area contributed by atoms with Gasteiger partial charge in [-0.15, -0.1) is 10.2 Å². The first-order valence-electron chi connectivity index (χ1n) is 11.1. The smallest absolute Gasteiger partial charge is 0.230 e. The zero-order chi connectivity index (χ0) is 22.8. The average molecular weight is 451 g/mol. The quantitative estimate of drug-likeness (QED) is 0.427. The Kier molecular flexibility index (Phi) is 8.92. The van der Waals surface area contributed by atoms with Gasteiger partial charge in [0.25, 0.3) is 0 Å². The Morgan fingerprint density at radius 2 is 1.66 bits per heavy atom. The van der Waals surface area contributed by atoms with E-state index in [0.717, 1.165) is 35.4 Å². The van der Waals surface area contributed by atoms with Crippen LogP contribution in [-0.2, 0) is 9.59 Å². The van der Waals surface area contributed by atoms with Crippen molar-refractivity contribution in [3.63, 3.8) is 0 Å². The number of nitrogens with one attached hydrogen (secondary N) is 1. The molecule has 3 aromatic rings. The lowest BCUT2D eigenvalue weighted by Gasteiger charge is -2.27. The molecule has 1 atom stereocenters. The van der Waals surface area contributed by atoms with Gasteiger partial charge in [-0.25, -0.2) is 0 Å². The maximum Gasteiger partial charge on any atom is 0.230 e. The monoisotopic (exact) mass is 450 g/mol. The Hall–Kier alpha value is -3.06. The fraction of sp³-hybridized carbons (Fsp3) is 0.360. The number of anilines is 1. The van der Waals surface area contributed by atoms with E-state index in [1.54, 1.807) is 0 Å². The van der Waals surface area contributed by atoms with Crippen LogP contribution in [0.5, 0.6) is 0 Å². The van der Waals surface area contributed by atoms with Gasteiger partial charge in [-0.05, 0) is 18.4 Å². The number of carbonyl (C=O) groups is 2. The maximum absolute atomic E-state index is 13.3. The van der Waals surface area contributed by atoms with Crippen molar-refractivity contribution >= 4 is 28.3 Å². The van der Waals surface area contributed by atoms with Crippen molar-refractivity contribution in [2.45, 2.75) is 45.4 Å². The minimum absolute atomic E-state index is 0.0854. The molecule has 0 radical (unpaired) electrons. The summed E-state index contributed by atoms with van der Waals surface area (Å²) in [5.74, 6) is -0.266. The van der Waals surface area contributed by atoms with Gasteiger partial charge in [0.2, 0.25) is 16.9 Å². The van der Waals surface area contributed by atoms with E-state index in [0.29, 0.717) is 18.2 Å². The summed E-state index contributed by atoms with van der Waals surface area (Å²) in [5, 5.41) is 12.3. The average Bonchev–Trinajstić information content (AvgIpc) is 3.29. The summed E-state index contributed by atoms with van der Waals surface area (Å²) in [6.07, 6.45) is 2.85. The van der Waals surface area contributed by atoms with Gasteiger partial charge in [0.1, 0.15) is 5.01 Å². The molecule has 2 amide bonds. The highest BCUT2D eigenvalue weighted by Crippen LogP contribution is 2.26. The Balaban J connectivity index is 1.60. The summed E-state index contributed by atoms with van der Waals surface area (Å²) in [6, 6.07) is 19.6. The van der Waals surface area contributed by atoms with Gasteiger partial charge in [-0.2, -0.15) is 0 Å². The highest BCUT2D eigenvalue weighted by molar-refractivity contribution is 7.18. The molecule has 0 aliphatic heterocycles. The van der Waals surface area contributed by atoms with Gasteiger partial charge in [0, 0.05) is 25.1 Å². The molecule has 0 fully saturated rings. The largest absolute Gasteiger partial charge is 0.342 e. The van der Waals surface area contributed by atoms with Gasteiger partial charge in [-0.1, -0.05) is 92.3 Å². The number of rotatable bonds is 11. The highest BCUT2D eigenvalue weighted by Gasteiger charge is 2.24. The minimum atomic E-state index is -0.187. The molecule has 168 valence electrons. The number of hydrogen-bond acceptors (Lipinski definition) is 5. The molecule has 2 aromatic carbocycles. The Labute approximate surface area is 193 Å². The molecular formula is C25H30N4O2S. The first kappa shape index (κ1) is 23.6. The second kappa shape index (κ2) is 12.1. The fourth-order valence-corrected chi connectivity index (χ4v) is 4.29. The second-order valence-electron chi connectivity index (χ2n) is 7.63. The van der Waals surface area contributed by atoms with Crippen molar-refractivity contribution in [2.75, 3.05) is 18.4 Å². The number of nitrogens with zero attached hydrogens (tertiary/aromatic N) is 3. The van der Waals surface area contributed by atoms with Gasteiger partial charge < -0.3 is 10.2 Å². The van der Waals surface area contributed by atoms with Gasteiger partial charge in [-0.3, -0.25) is 9.59 Å². The standard InChI is InChI=1S/C25H30N4O2S/c1-3-5-17-29(24(31)21(4-2)19-12-8-6-9-13-19)18-16-22(30)26-25-28-27-23(32-25)20-14-10-7-11-15-20/h6-15,21H,3-5,16-18H2,1-2H3,(H,26,28,30). The van der Waals surface area contributed by atoms with Crippen LogP contribution in [0.2, 0.25) is 0 Å². The number of amides is 2. The summed E-state index contributed by atoms with van der Waals surface area (Å²) in [4.78, 5) is 27.7. The lowest BCUT2D eigenvalue weighted by atomic mass is 9.95. The fourth-order valence-electron chi connectivity index (χ4n) is 3.53. The minimum Gasteiger partial charge on any atom is -0.342 e. The van der Waals surface area contributed by atoms with E-state index in [1.807, 2.05) is 72.5 Å². The SMILES string of the molecule is CCCCN(CCC(=O)Nc1nnc(-c2ccccc2)s1)C(=O)C(CC)c1ccccc1. The van der Waals surface area contributed by atoms with E-state index >= 15 is 0 Å². The summed E-state index contributed by atoms with van der Waals surface area (Å²) in [5.41, 5.74) is 1.99. The van der Waals surface area contributed by atoms with E-state index in [2.05, 4.69) is 22.4 Å². The maximum atomic E-state index is 13.3. The van der Waals surface area contributed by atoms with Gasteiger partial charge in [0.05, 0.1) is 5.92 Å². The van der Waals surface area contributed by atoms with Crippen LogP contribution >= 0.6 is 11.3 Å². The van der Waals surface area contributed by atoms with Crippen LogP contribution in [0.15, 0.2) is 60.7 Å². The molecule has 0 spiro atoms. The van der Waals surface area contributed by atoms with Crippen molar-refractivity contribution in [2.24, 2.45) is 0 Å². The van der Waals surface area contributed by atoms with Crippen LogP contribution in [0.1, 0.15) is 51.0 Å². The van der Waals surface area contributed by atoms with Crippen LogP contribution < -0.4 is 5.32 Å². The Morgan fingerprint density at radius 1 is 0.969 bits per heavy atom. The summed E-state index contributed by atoms with van der Waals surface area (Å²) < 4.78 is 0. The van der Waals surface area contributed by atoms with Crippen molar-refractivity contribution in [3.05, 3.63) is 66.2 Å². The molecule has 3 rings (SSSR count). The molecule has 1 heterocycles. The van der Waals surface area contributed by atoms with E-state index < -0.39 is 0 Å². The van der Waals surface area contributed by atoms with Crippen molar-refractivity contribution in [1.82, 2.24) is 15.1 Å². The van der Waals surface area contributed by atoms with E-state index in [9.17, 15) is 9.59 Å². The van der Waals surface area contributed by atoms with E-state index in [-0.39, 0.29) is 24.2 Å². The molecule has 1 unspecified atom stereocenters. The second-order valence-corrected chi connectivity index (χ2v) is 8.60. The zero-order valence-corrected chi connectivity index (χ0v) is 19.5. The van der Waals surface area contributed by atoms with E-state index in [4.69, 9.17) is 0 Å². The predicted octanol–water partition coefficient (Wildman–Crippen LogP) is 5.36. The van der Waals surface area contributed by atoms with Crippen LogP contribution in [0.3, 0.4) is 0 Å². The van der Waals surface area contributed by atoms with Crippen molar-refractivity contribution in [1.29, 1.82) is 0 Å². The van der Waals surface area contributed by atoms with Crippen LogP contribution in [0.25, 0.3) is 10.6 Å². The molecule has 1 N–H and O–H groups in total. The molecule has 7 heteroatoms. The third-order valence-corrected chi connectivity index (χ3v) is 6.19. The van der Waals surface area contributed by atoms with E-state index in [1.165, 1.54) is 11.3 Å². The number of hydrogen-bond donors (Lipinski definition) is 1. The summed E-state index contributed by atoms with van der Waals surface area (Å²) >= 11 is 1.34. The van der Waals surface area contributed by atoms with Gasteiger partial charge in [0.15, 0.2) is 0 Å². The first-order chi connectivity index (χ1) is 15.6. The number of carbonyl (C=O) groups excluding carboxylic acids is 2. The molecule has 0 saturated heterocycles. The summed E-state index contributed by atoms with van der Waals surface area (Å²) in [7, 11) is 0. The molecule has 32 heavy (non-hydrogen) atoms. The van der Waals surface area contributed by atoms with Crippen LogP contribution in [0, 0.1) is 0 Å². The topological polar surface area (TPSA) is 75.2 Å². The molecule has 0 bridgehead atoms. The van der Waals surface area contributed by atoms with Crippen LogP contribution in [-0.4, -0.2) is 40.0 Å². The normalized spacial score (nSPS) is 11.7. The molecule has 1 aromatic heterocycles. The molecule has 0 saturated carbocycles. The predicted molar refractivity (Wildman–Crippen MR) is 130 cm³/mol. The first-order valence-corrected chi connectivity index (χ1v) is 12.0. The Bertz CT molecular complexity index is 991. The third-order valence-electron chi connectivity index (χ3n) is 5.30. The van der Waals surface area contributed by atoms with Crippen LogP contribution in [0.4, 0.5) is 5.13 Å². The highest BCUT2D eigenvalue weighted by atomic mass is 32.1. The lowest BCUT2D eigenvalue weighted by molar-refractivity contribution is -0.133. The molecule has 6 nitrogen and oxygen atoms in total. The molecule has 0 aliphatic carbocycles. The zero-order valence-electron chi connectivity index (χ0n) is 18.7. The number of benzene rings is 2. The third kappa shape index (κ3) is 6.47. The molecule has 0 aliphatic rings. The van der Waals surface area contributed by atoms with Crippen molar-refractivity contribution < 1.29 is 9.59 Å². The van der Waals surface area contributed by atoms with Gasteiger partial charge >= 0.3 is 0 Å².